The smallest absolute Gasteiger partial charge is 0.174 e. The summed E-state index contributed by atoms with van der Waals surface area (Å²) in [6.45, 7) is 6.22. The van der Waals surface area contributed by atoms with E-state index in [-0.39, 0.29) is 29.3 Å². The number of Topliss-reactive ketones (excluding diaryl/α,β-unsaturated/α-hetero) is 1. The molecule has 3 rings (SSSR count). The minimum atomic E-state index is -0.432. The Morgan fingerprint density at radius 3 is 2.52 bits per heavy atom. The molecule has 1 aliphatic heterocycles. The van der Waals surface area contributed by atoms with Crippen LogP contribution in [-0.2, 0) is 6.42 Å². The van der Waals surface area contributed by atoms with Crippen LogP contribution in [0.15, 0.2) is 59.7 Å². The van der Waals surface area contributed by atoms with Crippen molar-refractivity contribution >= 4 is 5.78 Å². The zero-order chi connectivity index (χ0) is 21.0. The second kappa shape index (κ2) is 8.99. The number of hydrogen-bond donors (Lipinski definition) is 2. The van der Waals surface area contributed by atoms with E-state index in [2.05, 4.69) is 26.8 Å². The van der Waals surface area contributed by atoms with Crippen LogP contribution in [0.5, 0.6) is 17.2 Å². The molecule has 0 unspecified atom stereocenters. The van der Waals surface area contributed by atoms with Gasteiger partial charge in [0.1, 0.15) is 28.9 Å². The lowest BCUT2D eigenvalue weighted by molar-refractivity contribution is 0.0842. The number of aromatic hydroxyl groups is 2. The van der Waals surface area contributed by atoms with Gasteiger partial charge < -0.3 is 14.9 Å². The summed E-state index contributed by atoms with van der Waals surface area (Å²) in [4.78, 5) is 12.8. The molecule has 0 saturated heterocycles. The van der Waals surface area contributed by atoms with Crippen LogP contribution in [0.25, 0.3) is 0 Å². The van der Waals surface area contributed by atoms with Gasteiger partial charge in [-0.2, -0.15) is 0 Å². The molecule has 1 heterocycles. The summed E-state index contributed by atoms with van der Waals surface area (Å²) in [5.41, 5.74) is 4.09. The SMILES string of the molecule is CC(C)=CCC/C(C)=C/Cc1c(O)cc(O)c2c1O[C@@H](c1ccccc1)CC2=O. The predicted molar refractivity (Wildman–Crippen MR) is 115 cm³/mol. The van der Waals surface area contributed by atoms with E-state index in [0.717, 1.165) is 18.4 Å². The van der Waals surface area contributed by atoms with Gasteiger partial charge in [-0.25, -0.2) is 0 Å². The lowest BCUT2D eigenvalue weighted by atomic mass is 9.92. The van der Waals surface area contributed by atoms with E-state index in [1.54, 1.807) is 0 Å². The van der Waals surface area contributed by atoms with Gasteiger partial charge in [-0.1, -0.05) is 53.6 Å². The molecule has 0 spiro atoms. The number of carbonyl (C=O) groups excluding carboxylic acids is 1. The molecule has 0 amide bonds. The Morgan fingerprint density at radius 2 is 1.83 bits per heavy atom. The summed E-state index contributed by atoms with van der Waals surface area (Å²) < 4.78 is 6.15. The lowest BCUT2D eigenvalue weighted by Gasteiger charge is -2.28. The second-order valence-electron chi connectivity index (χ2n) is 7.82. The number of phenols is 2. The molecule has 1 aliphatic rings. The number of ether oxygens (including phenoxy) is 1. The standard InChI is InChI=1S/C25H28O4/c1-16(2)8-7-9-17(3)12-13-19-20(26)14-21(27)24-22(28)15-23(29-25(19)24)18-10-5-4-6-11-18/h4-6,8,10-12,14,23,26-27H,7,9,13,15H2,1-3H3/b17-12+/t23-/m1/s1. The highest BCUT2D eigenvalue weighted by atomic mass is 16.5. The van der Waals surface area contributed by atoms with Crippen LogP contribution < -0.4 is 4.74 Å². The average Bonchev–Trinajstić information content (AvgIpc) is 2.67. The Kier molecular flexibility index (Phi) is 6.42. The van der Waals surface area contributed by atoms with Crippen LogP contribution in [0.3, 0.4) is 0 Å². The Balaban J connectivity index is 1.90. The monoisotopic (exact) mass is 392 g/mol. The molecule has 0 saturated carbocycles. The number of benzene rings is 2. The van der Waals surface area contributed by atoms with E-state index < -0.39 is 6.10 Å². The molecular weight excluding hydrogens is 364 g/mol. The van der Waals surface area contributed by atoms with Crippen molar-refractivity contribution < 1.29 is 19.7 Å². The quantitative estimate of drug-likeness (QED) is 0.588. The molecule has 0 bridgehead atoms. The molecule has 4 heteroatoms. The molecule has 2 N–H and O–H groups in total. The van der Waals surface area contributed by atoms with Crippen molar-refractivity contribution in [1.29, 1.82) is 0 Å². The average molecular weight is 392 g/mol. The van der Waals surface area contributed by atoms with Gasteiger partial charge in [0.05, 0.1) is 6.42 Å². The molecule has 0 aliphatic carbocycles. The van der Waals surface area contributed by atoms with Gasteiger partial charge in [0.25, 0.3) is 0 Å². The van der Waals surface area contributed by atoms with Crippen molar-refractivity contribution in [3.05, 3.63) is 76.4 Å². The fourth-order valence-corrected chi connectivity index (χ4v) is 3.54. The van der Waals surface area contributed by atoms with Gasteiger partial charge in [-0.3, -0.25) is 4.79 Å². The molecule has 4 nitrogen and oxygen atoms in total. The summed E-state index contributed by atoms with van der Waals surface area (Å²) in [6.07, 6.45) is 6.30. The van der Waals surface area contributed by atoms with Crippen molar-refractivity contribution in [3.63, 3.8) is 0 Å². The van der Waals surface area contributed by atoms with Gasteiger partial charge >= 0.3 is 0 Å². The normalized spacial score (nSPS) is 16.2. The van der Waals surface area contributed by atoms with Crippen molar-refractivity contribution in [3.8, 4) is 17.2 Å². The number of rotatable bonds is 6. The summed E-state index contributed by atoms with van der Waals surface area (Å²) in [5, 5.41) is 20.7. The first-order valence-electron chi connectivity index (χ1n) is 9.98. The third kappa shape index (κ3) is 4.89. The number of hydrogen-bond acceptors (Lipinski definition) is 4. The maximum Gasteiger partial charge on any atom is 0.174 e. The van der Waals surface area contributed by atoms with Crippen molar-refractivity contribution in [2.45, 2.75) is 52.6 Å². The van der Waals surface area contributed by atoms with Crippen LogP contribution in [0.2, 0.25) is 0 Å². The zero-order valence-corrected chi connectivity index (χ0v) is 17.2. The summed E-state index contributed by atoms with van der Waals surface area (Å²) in [5.74, 6) is -0.179. The van der Waals surface area contributed by atoms with Gasteiger partial charge in [0, 0.05) is 11.6 Å². The molecule has 0 radical (unpaired) electrons. The first kappa shape index (κ1) is 20.7. The van der Waals surface area contributed by atoms with E-state index in [1.807, 2.05) is 36.4 Å². The van der Waals surface area contributed by atoms with Crippen LogP contribution in [0.4, 0.5) is 0 Å². The Bertz CT molecular complexity index is 951. The summed E-state index contributed by atoms with van der Waals surface area (Å²) in [7, 11) is 0. The molecule has 0 aromatic heterocycles. The highest BCUT2D eigenvalue weighted by Gasteiger charge is 2.33. The maximum atomic E-state index is 12.8. The number of fused-ring (bicyclic) bond motifs is 1. The van der Waals surface area contributed by atoms with Crippen molar-refractivity contribution in [2.24, 2.45) is 0 Å². The van der Waals surface area contributed by atoms with Crippen LogP contribution in [-0.4, -0.2) is 16.0 Å². The zero-order valence-electron chi connectivity index (χ0n) is 17.2. The largest absolute Gasteiger partial charge is 0.507 e. The van der Waals surface area contributed by atoms with Gasteiger partial charge in [0.2, 0.25) is 0 Å². The molecular formula is C25H28O4. The van der Waals surface area contributed by atoms with Crippen LogP contribution >= 0.6 is 0 Å². The number of ketones is 1. The predicted octanol–water partition coefficient (Wildman–Crippen LogP) is 6.04. The molecule has 2 aromatic rings. The fraction of sp³-hybridized carbons (Fsp3) is 0.320. The van der Waals surface area contributed by atoms with E-state index in [9.17, 15) is 15.0 Å². The first-order chi connectivity index (χ1) is 13.9. The van der Waals surface area contributed by atoms with Crippen molar-refractivity contribution in [2.75, 3.05) is 0 Å². The third-order valence-electron chi connectivity index (χ3n) is 5.17. The summed E-state index contributed by atoms with van der Waals surface area (Å²) in [6, 6.07) is 10.8. The van der Waals surface area contributed by atoms with Crippen LogP contribution in [0, 0.1) is 0 Å². The molecule has 152 valence electrons. The van der Waals surface area contributed by atoms with Gasteiger partial charge in [0.15, 0.2) is 5.78 Å². The molecule has 1 atom stereocenters. The van der Waals surface area contributed by atoms with Crippen LogP contribution in [0.1, 0.15) is 67.6 Å². The number of carbonyl (C=O) groups is 1. The lowest BCUT2D eigenvalue weighted by Crippen LogP contribution is -2.21. The number of phenolic OH excluding ortho intramolecular Hbond substituents is 2. The third-order valence-corrected chi connectivity index (χ3v) is 5.17. The molecule has 2 aromatic carbocycles. The summed E-state index contributed by atoms with van der Waals surface area (Å²) >= 11 is 0. The fourth-order valence-electron chi connectivity index (χ4n) is 3.54. The molecule has 0 fully saturated rings. The van der Waals surface area contributed by atoms with E-state index in [0.29, 0.717) is 17.7 Å². The number of allylic oxidation sites excluding steroid dienone is 4. The topological polar surface area (TPSA) is 66.8 Å². The second-order valence-corrected chi connectivity index (χ2v) is 7.82. The van der Waals surface area contributed by atoms with E-state index in [4.69, 9.17) is 4.74 Å². The highest BCUT2D eigenvalue weighted by Crippen LogP contribution is 2.45. The first-order valence-corrected chi connectivity index (χ1v) is 9.98. The minimum absolute atomic E-state index is 0.0592. The maximum absolute atomic E-state index is 12.8. The minimum Gasteiger partial charge on any atom is -0.507 e. The Labute approximate surface area is 172 Å². The van der Waals surface area contributed by atoms with Gasteiger partial charge in [-0.15, -0.1) is 0 Å². The highest BCUT2D eigenvalue weighted by molar-refractivity contribution is 6.03. The molecule has 29 heavy (non-hydrogen) atoms. The van der Waals surface area contributed by atoms with E-state index in [1.165, 1.54) is 17.2 Å². The van der Waals surface area contributed by atoms with Gasteiger partial charge in [-0.05, 0) is 45.6 Å². The van der Waals surface area contributed by atoms with E-state index >= 15 is 0 Å². The van der Waals surface area contributed by atoms with Crippen molar-refractivity contribution in [1.82, 2.24) is 0 Å². The Hall–Kier alpha value is -3.01. The Morgan fingerprint density at radius 1 is 1.10 bits per heavy atom.